The predicted octanol–water partition coefficient (Wildman–Crippen LogP) is 4.38. The third-order valence-corrected chi connectivity index (χ3v) is 6.24. The average molecular weight is 446 g/mol. The Balaban J connectivity index is 1.69. The van der Waals surface area contributed by atoms with Crippen molar-refractivity contribution in [1.29, 1.82) is 0 Å². The fourth-order valence-electron chi connectivity index (χ4n) is 3.40. The van der Waals surface area contributed by atoms with Gasteiger partial charge in [0, 0.05) is 18.1 Å². The number of likely N-dealkylation sites (N-methyl/N-ethyl adjacent to an activating group) is 1. The van der Waals surface area contributed by atoms with Crippen molar-refractivity contribution in [3.63, 3.8) is 0 Å². The van der Waals surface area contributed by atoms with E-state index < -0.39 is 12.2 Å². The van der Waals surface area contributed by atoms with Crippen molar-refractivity contribution in [2.24, 2.45) is 0 Å². The maximum atomic E-state index is 13.6. The van der Waals surface area contributed by atoms with Crippen LogP contribution in [0.5, 0.6) is 11.5 Å². The number of thiazole rings is 1. The van der Waals surface area contributed by atoms with E-state index in [9.17, 15) is 4.79 Å². The number of rotatable bonds is 5. The first kappa shape index (κ1) is 20.9. The second-order valence-corrected chi connectivity index (χ2v) is 9.11. The zero-order valence-corrected chi connectivity index (χ0v) is 19.0. The maximum Gasteiger partial charge on any atom is 0.273 e. The summed E-state index contributed by atoms with van der Waals surface area (Å²) in [6.45, 7) is 5.01. The van der Waals surface area contributed by atoms with Gasteiger partial charge in [0.1, 0.15) is 6.10 Å². The Morgan fingerprint density at radius 3 is 2.57 bits per heavy atom. The lowest BCUT2D eigenvalue weighted by Crippen LogP contribution is -2.52. The van der Waals surface area contributed by atoms with Gasteiger partial charge in [0.2, 0.25) is 6.10 Å². The van der Waals surface area contributed by atoms with Crippen LogP contribution in [0.3, 0.4) is 0 Å². The minimum absolute atomic E-state index is 0.165. The van der Waals surface area contributed by atoms with Crippen molar-refractivity contribution in [3.8, 4) is 11.5 Å². The highest BCUT2D eigenvalue weighted by atomic mass is 35.5. The number of nitrogens with zero attached hydrogens (tertiary/aromatic N) is 3. The van der Waals surface area contributed by atoms with Crippen LogP contribution in [0.1, 0.15) is 12.5 Å². The molecule has 1 aliphatic heterocycles. The van der Waals surface area contributed by atoms with Crippen LogP contribution in [-0.2, 0) is 4.79 Å². The summed E-state index contributed by atoms with van der Waals surface area (Å²) in [6.07, 6.45) is -1.17. The number of benzene rings is 2. The van der Waals surface area contributed by atoms with Crippen molar-refractivity contribution < 1.29 is 14.3 Å². The van der Waals surface area contributed by atoms with Gasteiger partial charge in [0.25, 0.3) is 5.91 Å². The van der Waals surface area contributed by atoms with E-state index >= 15 is 0 Å². The first-order chi connectivity index (χ1) is 14.3. The van der Waals surface area contributed by atoms with E-state index in [0.29, 0.717) is 34.7 Å². The number of ether oxygens (including phenoxy) is 2. The quantitative estimate of drug-likeness (QED) is 0.583. The van der Waals surface area contributed by atoms with Crippen LogP contribution in [0.15, 0.2) is 36.4 Å². The van der Waals surface area contributed by atoms with Crippen LogP contribution in [0.25, 0.3) is 10.2 Å². The number of aromatic nitrogens is 1. The van der Waals surface area contributed by atoms with Gasteiger partial charge in [-0.3, -0.25) is 9.69 Å². The molecule has 3 aromatic rings. The Kier molecular flexibility index (Phi) is 5.86. The van der Waals surface area contributed by atoms with Gasteiger partial charge in [0.05, 0.1) is 10.2 Å². The average Bonchev–Trinajstić information content (AvgIpc) is 3.11. The molecule has 0 saturated heterocycles. The molecule has 0 fully saturated rings. The van der Waals surface area contributed by atoms with Crippen LogP contribution in [0, 0.1) is 6.92 Å². The normalized spacial score (nSPS) is 18.1. The molecule has 1 aromatic heterocycles. The molecule has 1 amide bonds. The van der Waals surface area contributed by atoms with Gasteiger partial charge in [-0.15, -0.1) is 0 Å². The van der Waals surface area contributed by atoms with E-state index in [1.807, 2.05) is 69.2 Å². The number of halogens is 1. The predicted molar refractivity (Wildman–Crippen MR) is 121 cm³/mol. The van der Waals surface area contributed by atoms with Crippen molar-refractivity contribution in [1.82, 2.24) is 9.88 Å². The monoisotopic (exact) mass is 445 g/mol. The number of carbonyl (C=O) groups is 1. The van der Waals surface area contributed by atoms with Gasteiger partial charge >= 0.3 is 0 Å². The molecule has 30 heavy (non-hydrogen) atoms. The van der Waals surface area contributed by atoms with Gasteiger partial charge in [-0.25, -0.2) is 4.98 Å². The number of amides is 1. The molecule has 4 rings (SSSR count). The number of para-hydroxylation sites is 2. The lowest BCUT2D eigenvalue weighted by atomic mass is 10.1. The Morgan fingerprint density at radius 2 is 1.87 bits per heavy atom. The molecule has 2 heterocycles. The van der Waals surface area contributed by atoms with E-state index in [4.69, 9.17) is 26.1 Å². The summed E-state index contributed by atoms with van der Waals surface area (Å²) in [5.41, 5.74) is 1.85. The fourth-order valence-corrected chi connectivity index (χ4v) is 4.85. The third-order valence-electron chi connectivity index (χ3n) is 4.99. The molecule has 0 bridgehead atoms. The van der Waals surface area contributed by atoms with Crippen LogP contribution in [0.2, 0.25) is 5.02 Å². The molecule has 0 saturated carbocycles. The molecule has 2 unspecified atom stereocenters. The number of hydrogen-bond acceptors (Lipinski definition) is 6. The summed E-state index contributed by atoms with van der Waals surface area (Å²) in [5, 5.41) is 1.30. The molecule has 0 radical (unpaired) electrons. The molecule has 0 spiro atoms. The molecule has 158 valence electrons. The zero-order chi connectivity index (χ0) is 21.4. The van der Waals surface area contributed by atoms with Gasteiger partial charge in [0.15, 0.2) is 16.6 Å². The highest BCUT2D eigenvalue weighted by Gasteiger charge is 2.38. The second kappa shape index (κ2) is 8.41. The molecule has 2 aromatic carbocycles. The SMILES string of the molecule is Cc1cc(Cl)cc2sc(N(CCN(C)C)C(=O)C3Oc4ccccc4OC3C)nc12. The third kappa shape index (κ3) is 4.10. The fraction of sp³-hybridized carbons (Fsp3) is 0.364. The van der Waals surface area contributed by atoms with E-state index in [1.54, 1.807) is 4.90 Å². The smallest absolute Gasteiger partial charge is 0.273 e. The van der Waals surface area contributed by atoms with Crippen molar-refractivity contribution >= 4 is 44.2 Å². The van der Waals surface area contributed by atoms with Crippen molar-refractivity contribution in [3.05, 3.63) is 47.0 Å². The molecular formula is C22H24ClN3O3S. The topological polar surface area (TPSA) is 54.9 Å². The van der Waals surface area contributed by atoms with Crippen molar-refractivity contribution in [2.75, 3.05) is 32.1 Å². The summed E-state index contributed by atoms with van der Waals surface area (Å²) >= 11 is 7.68. The molecular weight excluding hydrogens is 422 g/mol. The lowest BCUT2D eigenvalue weighted by molar-refractivity contribution is -0.130. The summed E-state index contributed by atoms with van der Waals surface area (Å²) in [7, 11) is 3.95. The highest BCUT2D eigenvalue weighted by Crippen LogP contribution is 2.36. The summed E-state index contributed by atoms with van der Waals surface area (Å²) < 4.78 is 13.0. The number of carbonyl (C=O) groups excluding carboxylic acids is 1. The molecule has 0 aliphatic carbocycles. The number of hydrogen-bond donors (Lipinski definition) is 0. The molecule has 0 N–H and O–H groups in total. The van der Waals surface area contributed by atoms with Crippen LogP contribution in [-0.4, -0.2) is 55.2 Å². The van der Waals surface area contributed by atoms with Crippen molar-refractivity contribution in [2.45, 2.75) is 26.1 Å². The Morgan fingerprint density at radius 1 is 1.17 bits per heavy atom. The van der Waals surface area contributed by atoms with E-state index in [2.05, 4.69) is 0 Å². The maximum absolute atomic E-state index is 13.6. The van der Waals surface area contributed by atoms with E-state index in [-0.39, 0.29) is 5.91 Å². The van der Waals surface area contributed by atoms with Gasteiger partial charge < -0.3 is 14.4 Å². The number of aryl methyl sites for hydroxylation is 1. The Hall–Kier alpha value is -2.35. The first-order valence-corrected chi connectivity index (χ1v) is 11.0. The molecule has 6 nitrogen and oxygen atoms in total. The van der Waals surface area contributed by atoms with Crippen LogP contribution < -0.4 is 14.4 Å². The summed E-state index contributed by atoms with van der Waals surface area (Å²) in [5.74, 6) is 1.06. The zero-order valence-electron chi connectivity index (χ0n) is 17.4. The first-order valence-electron chi connectivity index (χ1n) is 9.78. The van der Waals surface area contributed by atoms with E-state index in [1.165, 1.54) is 11.3 Å². The standard InChI is InChI=1S/C22H24ClN3O3S/c1-13-11-15(23)12-18-19(13)24-22(30-18)26(10-9-25(3)4)21(27)20-14(2)28-16-7-5-6-8-17(16)29-20/h5-8,11-12,14,20H,9-10H2,1-4H3. The molecule has 1 aliphatic rings. The van der Waals surface area contributed by atoms with Gasteiger partial charge in [-0.2, -0.15) is 0 Å². The number of anilines is 1. The molecule has 2 atom stereocenters. The minimum atomic E-state index is -0.751. The highest BCUT2D eigenvalue weighted by molar-refractivity contribution is 7.22. The summed E-state index contributed by atoms with van der Waals surface area (Å²) in [6, 6.07) is 11.2. The molecule has 8 heteroatoms. The Labute approximate surface area is 185 Å². The minimum Gasteiger partial charge on any atom is -0.482 e. The summed E-state index contributed by atoms with van der Waals surface area (Å²) in [4.78, 5) is 22.1. The van der Waals surface area contributed by atoms with Crippen LogP contribution >= 0.6 is 22.9 Å². The van der Waals surface area contributed by atoms with E-state index in [0.717, 1.165) is 15.8 Å². The number of fused-ring (bicyclic) bond motifs is 2. The van der Waals surface area contributed by atoms with Gasteiger partial charge in [-0.05, 0) is 57.8 Å². The second-order valence-electron chi connectivity index (χ2n) is 7.67. The lowest BCUT2D eigenvalue weighted by Gasteiger charge is -2.34. The van der Waals surface area contributed by atoms with Gasteiger partial charge in [-0.1, -0.05) is 35.1 Å². The largest absolute Gasteiger partial charge is 0.482 e. The van der Waals surface area contributed by atoms with Crippen LogP contribution in [0.4, 0.5) is 5.13 Å². The Bertz CT molecular complexity index is 1080.